The number of hydrogen-bond donors (Lipinski definition) is 2. The summed E-state index contributed by atoms with van der Waals surface area (Å²) in [5.74, 6) is 0.181. The molecule has 0 spiro atoms. The Balaban J connectivity index is 1.52. The fourth-order valence-corrected chi connectivity index (χ4v) is 2.38. The first-order valence-electron chi connectivity index (χ1n) is 7.53. The molecule has 1 fully saturated rings. The summed E-state index contributed by atoms with van der Waals surface area (Å²) in [4.78, 5) is 12.0. The van der Waals surface area contributed by atoms with Crippen molar-refractivity contribution in [2.45, 2.75) is 39.0 Å². The maximum Gasteiger partial charge on any atom is 0.242 e. The van der Waals surface area contributed by atoms with Crippen LogP contribution in [0.2, 0.25) is 0 Å². The Morgan fingerprint density at radius 2 is 2.23 bits per heavy atom. The van der Waals surface area contributed by atoms with E-state index in [1.165, 1.54) is 4.68 Å². The van der Waals surface area contributed by atoms with E-state index in [1.807, 2.05) is 31.2 Å². The molecule has 2 N–H and O–H groups in total. The van der Waals surface area contributed by atoms with Gasteiger partial charge in [0.1, 0.15) is 18.3 Å². The summed E-state index contributed by atoms with van der Waals surface area (Å²) in [6, 6.07) is 7.94. The molecule has 6 nitrogen and oxygen atoms in total. The predicted molar refractivity (Wildman–Crippen MR) is 80.7 cm³/mol. The van der Waals surface area contributed by atoms with Gasteiger partial charge in [-0.25, -0.2) is 4.68 Å². The maximum absolute atomic E-state index is 12.0. The molecule has 0 aliphatic heterocycles. The van der Waals surface area contributed by atoms with E-state index in [2.05, 4.69) is 15.6 Å². The zero-order valence-electron chi connectivity index (χ0n) is 12.6. The first-order chi connectivity index (χ1) is 10.6. The van der Waals surface area contributed by atoms with Gasteiger partial charge in [-0.15, -0.1) is 5.10 Å². The molecule has 2 aromatic rings. The number of amides is 1. The van der Waals surface area contributed by atoms with Crippen molar-refractivity contribution in [2.75, 3.05) is 0 Å². The summed E-state index contributed by atoms with van der Waals surface area (Å²) in [6.45, 7) is 2.62. The second-order valence-electron chi connectivity index (χ2n) is 5.83. The van der Waals surface area contributed by atoms with Crippen molar-refractivity contribution in [1.29, 1.82) is 0 Å². The standard InChI is InChI=1S/C16H20N4O2/c1-11-4-2-3-5-13(11)8-17-15(21)10-20-9-14(18-19-20)16(22)12-6-7-12/h2-5,9,12,16,22H,6-8,10H2,1H3,(H,17,21). The number of hydrogen-bond acceptors (Lipinski definition) is 4. The highest BCUT2D eigenvalue weighted by atomic mass is 16.3. The fourth-order valence-electron chi connectivity index (χ4n) is 2.38. The largest absolute Gasteiger partial charge is 0.386 e. The van der Waals surface area contributed by atoms with Gasteiger partial charge in [-0.05, 0) is 36.8 Å². The zero-order chi connectivity index (χ0) is 15.5. The molecule has 116 valence electrons. The van der Waals surface area contributed by atoms with Crippen LogP contribution in [0.4, 0.5) is 0 Å². The van der Waals surface area contributed by atoms with Gasteiger partial charge in [0.15, 0.2) is 0 Å². The van der Waals surface area contributed by atoms with E-state index in [0.717, 1.165) is 24.0 Å². The minimum atomic E-state index is -0.552. The van der Waals surface area contributed by atoms with Gasteiger partial charge in [0.2, 0.25) is 5.91 Å². The topological polar surface area (TPSA) is 80.0 Å². The van der Waals surface area contributed by atoms with Crippen molar-refractivity contribution >= 4 is 5.91 Å². The van der Waals surface area contributed by atoms with Crippen molar-refractivity contribution in [3.8, 4) is 0 Å². The second kappa shape index (κ2) is 6.27. The van der Waals surface area contributed by atoms with E-state index in [9.17, 15) is 9.90 Å². The summed E-state index contributed by atoms with van der Waals surface area (Å²) < 4.78 is 1.47. The van der Waals surface area contributed by atoms with E-state index in [4.69, 9.17) is 0 Å². The molecule has 1 unspecified atom stereocenters. The van der Waals surface area contributed by atoms with Crippen LogP contribution in [-0.4, -0.2) is 26.0 Å². The molecule has 1 heterocycles. The smallest absolute Gasteiger partial charge is 0.242 e. The number of carbonyl (C=O) groups is 1. The van der Waals surface area contributed by atoms with Crippen molar-refractivity contribution in [2.24, 2.45) is 5.92 Å². The highest BCUT2D eigenvalue weighted by Gasteiger charge is 2.32. The summed E-state index contributed by atoms with van der Waals surface area (Å²) >= 11 is 0. The van der Waals surface area contributed by atoms with Crippen molar-refractivity contribution < 1.29 is 9.90 Å². The van der Waals surface area contributed by atoms with E-state index in [-0.39, 0.29) is 12.5 Å². The first-order valence-corrected chi connectivity index (χ1v) is 7.53. The van der Waals surface area contributed by atoms with E-state index in [1.54, 1.807) is 6.20 Å². The third-order valence-corrected chi connectivity index (χ3v) is 3.97. The predicted octanol–water partition coefficient (Wildman–Crippen LogP) is 1.35. The van der Waals surface area contributed by atoms with Gasteiger partial charge < -0.3 is 10.4 Å². The van der Waals surface area contributed by atoms with Gasteiger partial charge in [0.05, 0.1) is 6.20 Å². The van der Waals surface area contributed by atoms with Crippen LogP contribution >= 0.6 is 0 Å². The van der Waals surface area contributed by atoms with Crippen LogP contribution < -0.4 is 5.32 Å². The SMILES string of the molecule is Cc1ccccc1CNC(=O)Cn1cc(C(O)C2CC2)nn1. The van der Waals surface area contributed by atoms with E-state index < -0.39 is 6.10 Å². The van der Waals surface area contributed by atoms with E-state index in [0.29, 0.717) is 18.2 Å². The molecule has 1 aliphatic carbocycles. The van der Waals surface area contributed by atoms with Gasteiger partial charge in [0.25, 0.3) is 0 Å². The molecule has 1 atom stereocenters. The monoisotopic (exact) mass is 300 g/mol. The lowest BCUT2D eigenvalue weighted by Crippen LogP contribution is -2.27. The molecule has 1 aromatic heterocycles. The molecule has 1 amide bonds. The lowest BCUT2D eigenvalue weighted by molar-refractivity contribution is -0.122. The molecule has 3 rings (SSSR count). The quantitative estimate of drug-likeness (QED) is 0.844. The minimum absolute atomic E-state index is 0.107. The molecule has 0 bridgehead atoms. The number of aliphatic hydroxyl groups is 1. The zero-order valence-corrected chi connectivity index (χ0v) is 12.6. The van der Waals surface area contributed by atoms with Gasteiger partial charge in [-0.2, -0.15) is 0 Å². The second-order valence-corrected chi connectivity index (χ2v) is 5.83. The lowest BCUT2D eigenvalue weighted by Gasteiger charge is -2.07. The third kappa shape index (κ3) is 3.51. The fraction of sp³-hybridized carbons (Fsp3) is 0.438. The average Bonchev–Trinajstić information content (AvgIpc) is 3.26. The van der Waals surface area contributed by atoms with Crippen LogP contribution in [0.1, 0.15) is 35.8 Å². The van der Waals surface area contributed by atoms with Crippen LogP contribution in [-0.2, 0) is 17.9 Å². The number of aryl methyl sites for hydroxylation is 1. The van der Waals surface area contributed by atoms with Gasteiger partial charge in [-0.1, -0.05) is 29.5 Å². The van der Waals surface area contributed by atoms with Crippen molar-refractivity contribution in [1.82, 2.24) is 20.3 Å². The Kier molecular flexibility index (Phi) is 4.20. The molecule has 1 aliphatic rings. The number of carbonyl (C=O) groups excluding carboxylic acids is 1. The molecule has 1 saturated carbocycles. The molecule has 0 radical (unpaired) electrons. The number of aromatic nitrogens is 3. The Bertz CT molecular complexity index is 664. The Morgan fingerprint density at radius 1 is 1.45 bits per heavy atom. The average molecular weight is 300 g/mol. The normalized spacial score (nSPS) is 15.5. The van der Waals surface area contributed by atoms with Gasteiger partial charge >= 0.3 is 0 Å². The van der Waals surface area contributed by atoms with Crippen LogP contribution in [0.15, 0.2) is 30.5 Å². The number of rotatable bonds is 6. The van der Waals surface area contributed by atoms with Crippen LogP contribution in [0.3, 0.4) is 0 Å². The van der Waals surface area contributed by atoms with Crippen LogP contribution in [0.25, 0.3) is 0 Å². The van der Waals surface area contributed by atoms with Crippen molar-refractivity contribution in [3.63, 3.8) is 0 Å². The number of nitrogens with zero attached hydrogens (tertiary/aromatic N) is 3. The first kappa shape index (κ1) is 14.7. The Labute approximate surface area is 129 Å². The Hall–Kier alpha value is -2.21. The summed E-state index contributed by atoms with van der Waals surface area (Å²) in [6.07, 6.45) is 3.16. The van der Waals surface area contributed by atoms with Crippen LogP contribution in [0, 0.1) is 12.8 Å². The minimum Gasteiger partial charge on any atom is -0.386 e. The highest BCUT2D eigenvalue weighted by molar-refractivity contribution is 5.75. The maximum atomic E-state index is 12.0. The number of aliphatic hydroxyl groups excluding tert-OH is 1. The third-order valence-electron chi connectivity index (χ3n) is 3.97. The molecule has 6 heteroatoms. The number of benzene rings is 1. The molecule has 1 aromatic carbocycles. The summed E-state index contributed by atoms with van der Waals surface area (Å²) in [5, 5.41) is 20.7. The van der Waals surface area contributed by atoms with Crippen LogP contribution in [0.5, 0.6) is 0 Å². The molecule has 22 heavy (non-hydrogen) atoms. The van der Waals surface area contributed by atoms with Crippen molar-refractivity contribution in [3.05, 3.63) is 47.3 Å². The molecular formula is C16H20N4O2. The highest BCUT2D eigenvalue weighted by Crippen LogP contribution is 2.39. The van der Waals surface area contributed by atoms with Gasteiger partial charge in [-0.3, -0.25) is 4.79 Å². The Morgan fingerprint density at radius 3 is 2.95 bits per heavy atom. The molecule has 0 saturated heterocycles. The molecular weight excluding hydrogens is 280 g/mol. The lowest BCUT2D eigenvalue weighted by atomic mass is 10.1. The van der Waals surface area contributed by atoms with Gasteiger partial charge in [0, 0.05) is 6.54 Å². The number of nitrogens with one attached hydrogen (secondary N) is 1. The summed E-state index contributed by atoms with van der Waals surface area (Å²) in [7, 11) is 0. The summed E-state index contributed by atoms with van der Waals surface area (Å²) in [5.41, 5.74) is 2.80. The van der Waals surface area contributed by atoms with E-state index >= 15 is 0 Å².